The van der Waals surface area contributed by atoms with Crippen LogP contribution in [0.15, 0.2) is 30.9 Å². The van der Waals surface area contributed by atoms with E-state index in [-0.39, 0.29) is 5.54 Å². The first-order valence-corrected chi connectivity index (χ1v) is 5.46. The lowest BCUT2D eigenvalue weighted by molar-refractivity contribution is 0.345. The fraction of sp³-hybridized carbons (Fsp3) is 0.462. The van der Waals surface area contributed by atoms with Crippen LogP contribution in [0.2, 0.25) is 0 Å². The molecule has 1 aromatic rings. The first kappa shape index (κ1) is 12.7. The van der Waals surface area contributed by atoms with Gasteiger partial charge in [0.25, 0.3) is 0 Å². The van der Waals surface area contributed by atoms with E-state index >= 15 is 0 Å². The molecule has 0 amide bonds. The Balaban J connectivity index is 2.56. The Labute approximate surface area is 97.5 Å². The smallest absolute Gasteiger partial charge is 0.213 e. The molecule has 1 aromatic heterocycles. The van der Waals surface area contributed by atoms with Crippen molar-refractivity contribution in [1.29, 1.82) is 0 Å². The van der Waals surface area contributed by atoms with Crippen molar-refractivity contribution in [1.82, 2.24) is 10.3 Å². The lowest BCUT2D eigenvalue weighted by Gasteiger charge is -2.20. The summed E-state index contributed by atoms with van der Waals surface area (Å²) >= 11 is 0. The molecule has 0 spiro atoms. The van der Waals surface area contributed by atoms with Crippen molar-refractivity contribution < 1.29 is 4.74 Å². The third-order valence-corrected chi connectivity index (χ3v) is 1.93. The molecule has 0 aliphatic carbocycles. The molecule has 0 atom stereocenters. The van der Waals surface area contributed by atoms with Gasteiger partial charge in [-0.25, -0.2) is 4.98 Å². The SMILES string of the molecule is C=CCOc1cccc(CNC(C)(C)C)n1. The summed E-state index contributed by atoms with van der Waals surface area (Å²) in [7, 11) is 0. The molecule has 1 heterocycles. The van der Waals surface area contributed by atoms with Gasteiger partial charge in [-0.05, 0) is 26.8 Å². The van der Waals surface area contributed by atoms with Crippen LogP contribution in [0.25, 0.3) is 0 Å². The van der Waals surface area contributed by atoms with Crippen molar-refractivity contribution in [3.63, 3.8) is 0 Å². The number of ether oxygens (including phenoxy) is 1. The molecule has 1 rings (SSSR count). The zero-order chi connectivity index (χ0) is 12.0. The maximum absolute atomic E-state index is 5.37. The van der Waals surface area contributed by atoms with Gasteiger partial charge in [-0.3, -0.25) is 0 Å². The molecule has 3 nitrogen and oxygen atoms in total. The van der Waals surface area contributed by atoms with E-state index in [1.165, 1.54) is 0 Å². The molecule has 0 fully saturated rings. The molecular weight excluding hydrogens is 200 g/mol. The van der Waals surface area contributed by atoms with Gasteiger partial charge in [0.1, 0.15) is 6.61 Å². The molecule has 1 N–H and O–H groups in total. The van der Waals surface area contributed by atoms with E-state index in [1.807, 2.05) is 18.2 Å². The van der Waals surface area contributed by atoms with Crippen LogP contribution in [0.5, 0.6) is 5.88 Å². The summed E-state index contributed by atoms with van der Waals surface area (Å²) in [6.45, 7) is 11.2. The maximum Gasteiger partial charge on any atom is 0.213 e. The lowest BCUT2D eigenvalue weighted by atomic mass is 10.1. The summed E-state index contributed by atoms with van der Waals surface area (Å²) in [5.74, 6) is 0.646. The van der Waals surface area contributed by atoms with Gasteiger partial charge in [0.05, 0.1) is 5.69 Å². The Morgan fingerprint density at radius 3 is 2.81 bits per heavy atom. The molecule has 0 aliphatic heterocycles. The average molecular weight is 220 g/mol. The van der Waals surface area contributed by atoms with Crippen molar-refractivity contribution >= 4 is 0 Å². The van der Waals surface area contributed by atoms with Gasteiger partial charge in [-0.15, -0.1) is 0 Å². The number of pyridine rings is 1. The molecular formula is C13H20N2O. The van der Waals surface area contributed by atoms with Crippen LogP contribution in [0.4, 0.5) is 0 Å². The van der Waals surface area contributed by atoms with Crippen molar-refractivity contribution in [3.05, 3.63) is 36.5 Å². The molecule has 3 heteroatoms. The van der Waals surface area contributed by atoms with Gasteiger partial charge in [0.15, 0.2) is 0 Å². The van der Waals surface area contributed by atoms with E-state index in [4.69, 9.17) is 4.74 Å². The normalized spacial score (nSPS) is 11.2. The molecule has 0 unspecified atom stereocenters. The third kappa shape index (κ3) is 4.94. The van der Waals surface area contributed by atoms with Gasteiger partial charge in [0.2, 0.25) is 5.88 Å². The first-order valence-electron chi connectivity index (χ1n) is 5.46. The topological polar surface area (TPSA) is 34.1 Å². The van der Waals surface area contributed by atoms with Crippen LogP contribution < -0.4 is 10.1 Å². The van der Waals surface area contributed by atoms with Crippen LogP contribution in [0.1, 0.15) is 26.5 Å². The van der Waals surface area contributed by atoms with E-state index < -0.39 is 0 Å². The average Bonchev–Trinajstić information content (AvgIpc) is 2.23. The molecule has 0 radical (unpaired) electrons. The lowest BCUT2D eigenvalue weighted by Crippen LogP contribution is -2.35. The van der Waals surface area contributed by atoms with E-state index in [1.54, 1.807) is 6.08 Å². The Kier molecular flexibility index (Phi) is 4.50. The van der Waals surface area contributed by atoms with Crippen LogP contribution >= 0.6 is 0 Å². The minimum Gasteiger partial charge on any atom is -0.473 e. The van der Waals surface area contributed by atoms with Gasteiger partial charge in [-0.2, -0.15) is 0 Å². The fourth-order valence-electron chi connectivity index (χ4n) is 1.14. The van der Waals surface area contributed by atoms with Crippen LogP contribution in [0, 0.1) is 0 Å². The standard InChI is InChI=1S/C13H20N2O/c1-5-9-16-12-8-6-7-11(15-12)10-14-13(2,3)4/h5-8,14H,1,9-10H2,2-4H3. The zero-order valence-electron chi connectivity index (χ0n) is 10.3. The zero-order valence-corrected chi connectivity index (χ0v) is 10.3. The predicted octanol–water partition coefficient (Wildman–Crippen LogP) is 2.53. The van der Waals surface area contributed by atoms with Crippen LogP contribution in [0.3, 0.4) is 0 Å². The first-order chi connectivity index (χ1) is 7.51. The number of hydrogen-bond acceptors (Lipinski definition) is 3. The number of hydrogen-bond donors (Lipinski definition) is 1. The Morgan fingerprint density at radius 1 is 1.44 bits per heavy atom. The van der Waals surface area contributed by atoms with Crippen molar-refractivity contribution in [2.75, 3.05) is 6.61 Å². The number of nitrogens with one attached hydrogen (secondary N) is 1. The Morgan fingerprint density at radius 2 is 2.19 bits per heavy atom. The second kappa shape index (κ2) is 5.66. The summed E-state index contributed by atoms with van der Waals surface area (Å²) < 4.78 is 5.37. The molecule has 88 valence electrons. The highest BCUT2D eigenvalue weighted by atomic mass is 16.5. The molecule has 0 aliphatic rings. The minimum atomic E-state index is 0.0969. The van der Waals surface area contributed by atoms with Gasteiger partial charge in [0, 0.05) is 18.2 Å². The van der Waals surface area contributed by atoms with E-state index in [2.05, 4.69) is 37.7 Å². The highest BCUT2D eigenvalue weighted by Gasteiger charge is 2.08. The summed E-state index contributed by atoms with van der Waals surface area (Å²) in [5, 5.41) is 3.38. The monoisotopic (exact) mass is 220 g/mol. The van der Waals surface area contributed by atoms with E-state index in [0.717, 1.165) is 12.2 Å². The highest BCUT2D eigenvalue weighted by Crippen LogP contribution is 2.08. The highest BCUT2D eigenvalue weighted by molar-refractivity contribution is 5.16. The summed E-state index contributed by atoms with van der Waals surface area (Å²) in [5.41, 5.74) is 1.08. The summed E-state index contributed by atoms with van der Waals surface area (Å²) in [6, 6.07) is 5.79. The molecule has 0 saturated heterocycles. The molecule has 0 aromatic carbocycles. The second-order valence-electron chi connectivity index (χ2n) is 4.67. The van der Waals surface area contributed by atoms with Crippen molar-refractivity contribution in [2.24, 2.45) is 0 Å². The predicted molar refractivity (Wildman–Crippen MR) is 66.5 cm³/mol. The quantitative estimate of drug-likeness (QED) is 0.774. The summed E-state index contributed by atoms with van der Waals surface area (Å²) in [4.78, 5) is 4.38. The fourth-order valence-corrected chi connectivity index (χ4v) is 1.14. The van der Waals surface area contributed by atoms with Crippen molar-refractivity contribution in [3.8, 4) is 5.88 Å². The van der Waals surface area contributed by atoms with Crippen LogP contribution in [-0.4, -0.2) is 17.1 Å². The minimum absolute atomic E-state index is 0.0969. The number of rotatable bonds is 5. The number of nitrogens with zero attached hydrogens (tertiary/aromatic N) is 1. The molecule has 0 bridgehead atoms. The van der Waals surface area contributed by atoms with E-state index in [0.29, 0.717) is 12.5 Å². The van der Waals surface area contributed by atoms with Gasteiger partial charge >= 0.3 is 0 Å². The van der Waals surface area contributed by atoms with Gasteiger partial charge in [-0.1, -0.05) is 18.7 Å². The number of aromatic nitrogens is 1. The molecule has 16 heavy (non-hydrogen) atoms. The van der Waals surface area contributed by atoms with Crippen LogP contribution in [-0.2, 0) is 6.54 Å². The third-order valence-electron chi connectivity index (χ3n) is 1.93. The Hall–Kier alpha value is -1.35. The second-order valence-corrected chi connectivity index (χ2v) is 4.67. The molecule has 0 saturated carbocycles. The summed E-state index contributed by atoms with van der Waals surface area (Å²) in [6.07, 6.45) is 1.71. The Bertz CT molecular complexity index is 342. The van der Waals surface area contributed by atoms with E-state index in [9.17, 15) is 0 Å². The maximum atomic E-state index is 5.37. The van der Waals surface area contributed by atoms with Crippen molar-refractivity contribution in [2.45, 2.75) is 32.9 Å². The van der Waals surface area contributed by atoms with Gasteiger partial charge < -0.3 is 10.1 Å². The largest absolute Gasteiger partial charge is 0.473 e.